The number of hydrogen-bond acceptors (Lipinski definition) is 2. The molecule has 0 aromatic rings. The Bertz CT molecular complexity index is 213. The average molecular weight is 208 g/mol. The highest BCUT2D eigenvalue weighted by atomic mass is 15.2. The maximum absolute atomic E-state index is 6.39. The predicted molar refractivity (Wildman–Crippen MR) is 64.8 cm³/mol. The van der Waals surface area contributed by atoms with Gasteiger partial charge in [0.25, 0.3) is 0 Å². The van der Waals surface area contributed by atoms with Crippen molar-refractivity contribution in [1.82, 2.24) is 4.90 Å². The molecule has 1 unspecified atom stereocenters. The van der Waals surface area contributed by atoms with Gasteiger partial charge in [-0.25, -0.2) is 0 Å². The number of likely N-dealkylation sites (tertiary alicyclic amines) is 1. The van der Waals surface area contributed by atoms with E-state index in [4.69, 9.17) is 5.73 Å². The van der Waals surface area contributed by atoms with Crippen molar-refractivity contribution in [3.8, 4) is 0 Å². The lowest BCUT2D eigenvalue weighted by Gasteiger charge is -2.43. The predicted octanol–water partition coefficient (Wildman–Crippen LogP) is 2.30. The molecule has 86 valence electrons. The van der Waals surface area contributed by atoms with Crippen LogP contribution in [0.3, 0.4) is 0 Å². The van der Waals surface area contributed by atoms with E-state index >= 15 is 0 Å². The summed E-state index contributed by atoms with van der Waals surface area (Å²) in [5.41, 5.74) is 6.72. The minimum atomic E-state index is 0.301. The average Bonchev–Trinajstić information content (AvgIpc) is 2.90. The zero-order valence-electron chi connectivity index (χ0n) is 9.75. The van der Waals surface area contributed by atoms with Crippen LogP contribution in [0.5, 0.6) is 0 Å². The fourth-order valence-corrected chi connectivity index (χ4v) is 3.47. The molecule has 0 amide bonds. The third kappa shape index (κ3) is 1.98. The van der Waals surface area contributed by atoms with E-state index in [1.807, 2.05) is 6.08 Å². The highest BCUT2D eigenvalue weighted by molar-refractivity contribution is 5.05. The monoisotopic (exact) mass is 208 g/mol. The van der Waals surface area contributed by atoms with Crippen LogP contribution in [-0.2, 0) is 0 Å². The fourth-order valence-electron chi connectivity index (χ4n) is 3.47. The second kappa shape index (κ2) is 4.67. The number of rotatable bonds is 4. The maximum Gasteiger partial charge on any atom is 0.0363 e. The number of hydrogen-bond donors (Lipinski definition) is 1. The third-order valence-corrected chi connectivity index (χ3v) is 4.32. The lowest BCUT2D eigenvalue weighted by Crippen LogP contribution is -2.57. The molecule has 0 aromatic heterocycles. The van der Waals surface area contributed by atoms with Crippen molar-refractivity contribution in [3.63, 3.8) is 0 Å². The summed E-state index contributed by atoms with van der Waals surface area (Å²) in [6, 6.07) is 0.301. The fraction of sp³-hybridized carbons (Fsp3) is 0.846. The van der Waals surface area contributed by atoms with Gasteiger partial charge in [-0.3, -0.25) is 4.90 Å². The minimum absolute atomic E-state index is 0.301. The van der Waals surface area contributed by atoms with E-state index in [9.17, 15) is 0 Å². The van der Waals surface area contributed by atoms with Gasteiger partial charge < -0.3 is 5.73 Å². The van der Waals surface area contributed by atoms with Crippen LogP contribution in [0.25, 0.3) is 0 Å². The van der Waals surface area contributed by atoms with Crippen molar-refractivity contribution < 1.29 is 0 Å². The first-order valence-corrected chi connectivity index (χ1v) is 6.41. The Morgan fingerprint density at radius 1 is 1.20 bits per heavy atom. The number of nitrogens with two attached hydrogens (primary N) is 1. The smallest absolute Gasteiger partial charge is 0.0363 e. The van der Waals surface area contributed by atoms with Gasteiger partial charge in [0.1, 0.15) is 0 Å². The van der Waals surface area contributed by atoms with Crippen LogP contribution in [0.15, 0.2) is 12.7 Å². The first-order valence-electron chi connectivity index (χ1n) is 6.41. The van der Waals surface area contributed by atoms with E-state index in [2.05, 4.69) is 11.5 Å². The van der Waals surface area contributed by atoms with Gasteiger partial charge in [0.15, 0.2) is 0 Å². The molecule has 2 heteroatoms. The van der Waals surface area contributed by atoms with E-state index in [1.165, 1.54) is 51.6 Å². The lowest BCUT2D eigenvalue weighted by molar-refractivity contribution is 0.0931. The SMILES string of the molecule is C=CCC(N)C1(N2CCCC2)CCCC1. The second-order valence-corrected chi connectivity index (χ2v) is 5.14. The summed E-state index contributed by atoms with van der Waals surface area (Å²) >= 11 is 0. The Morgan fingerprint density at radius 3 is 2.33 bits per heavy atom. The maximum atomic E-state index is 6.39. The third-order valence-electron chi connectivity index (χ3n) is 4.32. The van der Waals surface area contributed by atoms with Gasteiger partial charge in [0, 0.05) is 11.6 Å². The molecular weight excluding hydrogens is 184 g/mol. The summed E-state index contributed by atoms with van der Waals surface area (Å²) in [6.07, 6.45) is 11.0. The quantitative estimate of drug-likeness (QED) is 0.718. The lowest BCUT2D eigenvalue weighted by atomic mass is 9.85. The molecule has 0 aromatic carbocycles. The second-order valence-electron chi connectivity index (χ2n) is 5.14. The standard InChI is InChI=1S/C13H24N2/c1-2-7-12(14)13(8-3-4-9-13)15-10-5-6-11-15/h2,12H,1,3-11,14H2. The van der Waals surface area contributed by atoms with Gasteiger partial charge in [-0.15, -0.1) is 6.58 Å². The van der Waals surface area contributed by atoms with Gasteiger partial charge >= 0.3 is 0 Å². The molecule has 0 bridgehead atoms. The van der Waals surface area contributed by atoms with Crippen LogP contribution in [0.4, 0.5) is 0 Å². The number of nitrogens with zero attached hydrogens (tertiary/aromatic N) is 1. The summed E-state index contributed by atoms with van der Waals surface area (Å²) in [6.45, 7) is 6.37. The molecule has 1 heterocycles. The minimum Gasteiger partial charge on any atom is -0.326 e. The molecule has 2 fully saturated rings. The molecule has 2 N–H and O–H groups in total. The van der Waals surface area contributed by atoms with Gasteiger partial charge in [-0.1, -0.05) is 18.9 Å². The van der Waals surface area contributed by atoms with Crippen molar-refractivity contribution in [1.29, 1.82) is 0 Å². The van der Waals surface area contributed by atoms with Gasteiger partial charge in [-0.05, 0) is 45.2 Å². The molecular formula is C13H24N2. The molecule has 1 aliphatic heterocycles. The van der Waals surface area contributed by atoms with Gasteiger partial charge in [0.05, 0.1) is 0 Å². The Hall–Kier alpha value is -0.340. The molecule has 1 saturated carbocycles. The topological polar surface area (TPSA) is 29.3 Å². The Kier molecular flexibility index (Phi) is 3.47. The van der Waals surface area contributed by atoms with E-state index in [0.29, 0.717) is 11.6 Å². The summed E-state index contributed by atoms with van der Waals surface area (Å²) in [5, 5.41) is 0. The van der Waals surface area contributed by atoms with E-state index < -0.39 is 0 Å². The van der Waals surface area contributed by atoms with E-state index in [0.717, 1.165) is 6.42 Å². The summed E-state index contributed by atoms with van der Waals surface area (Å²) in [7, 11) is 0. The first-order chi connectivity index (χ1) is 7.29. The molecule has 2 rings (SSSR count). The summed E-state index contributed by atoms with van der Waals surface area (Å²) in [5.74, 6) is 0. The van der Waals surface area contributed by atoms with Crippen molar-refractivity contribution in [2.24, 2.45) is 5.73 Å². The van der Waals surface area contributed by atoms with Crippen LogP contribution in [-0.4, -0.2) is 29.6 Å². The molecule has 15 heavy (non-hydrogen) atoms. The molecule has 2 aliphatic rings. The highest BCUT2D eigenvalue weighted by Crippen LogP contribution is 2.40. The van der Waals surface area contributed by atoms with Crippen molar-refractivity contribution in [3.05, 3.63) is 12.7 Å². The molecule has 1 atom stereocenters. The first kappa shape index (κ1) is 11.2. The Balaban J connectivity index is 2.11. The Morgan fingerprint density at radius 2 is 1.80 bits per heavy atom. The van der Waals surface area contributed by atoms with E-state index in [1.54, 1.807) is 0 Å². The van der Waals surface area contributed by atoms with Gasteiger partial charge in [-0.2, -0.15) is 0 Å². The van der Waals surface area contributed by atoms with Crippen LogP contribution in [0, 0.1) is 0 Å². The van der Waals surface area contributed by atoms with Gasteiger partial charge in [0.2, 0.25) is 0 Å². The van der Waals surface area contributed by atoms with Crippen LogP contribution >= 0.6 is 0 Å². The molecule has 1 saturated heterocycles. The van der Waals surface area contributed by atoms with Crippen LogP contribution in [0.1, 0.15) is 44.9 Å². The molecule has 0 radical (unpaired) electrons. The van der Waals surface area contributed by atoms with Crippen molar-refractivity contribution in [2.45, 2.75) is 56.5 Å². The molecule has 1 aliphatic carbocycles. The molecule has 2 nitrogen and oxygen atoms in total. The molecule has 0 spiro atoms. The van der Waals surface area contributed by atoms with Crippen molar-refractivity contribution in [2.75, 3.05) is 13.1 Å². The van der Waals surface area contributed by atoms with E-state index in [-0.39, 0.29) is 0 Å². The van der Waals surface area contributed by atoms with Crippen LogP contribution in [0.2, 0.25) is 0 Å². The van der Waals surface area contributed by atoms with Crippen LogP contribution < -0.4 is 5.73 Å². The zero-order valence-corrected chi connectivity index (χ0v) is 9.75. The Labute approximate surface area is 93.5 Å². The zero-order chi connectivity index (χ0) is 10.7. The summed E-state index contributed by atoms with van der Waals surface area (Å²) in [4.78, 5) is 2.67. The summed E-state index contributed by atoms with van der Waals surface area (Å²) < 4.78 is 0. The largest absolute Gasteiger partial charge is 0.326 e. The highest BCUT2D eigenvalue weighted by Gasteiger charge is 2.44. The normalized spacial score (nSPS) is 28.1. The van der Waals surface area contributed by atoms with Crippen molar-refractivity contribution >= 4 is 0 Å².